The van der Waals surface area contributed by atoms with Crippen molar-refractivity contribution >= 4 is 5.91 Å². The molecule has 2 aromatic rings. The lowest BCUT2D eigenvalue weighted by Gasteiger charge is -2.31. The average molecular weight is 331 g/mol. The van der Waals surface area contributed by atoms with Crippen LogP contribution in [0.15, 0.2) is 24.3 Å². The fourth-order valence-corrected chi connectivity index (χ4v) is 2.90. The Bertz CT molecular complexity index is 730. The Balaban J connectivity index is 1.94. The van der Waals surface area contributed by atoms with Gasteiger partial charge in [-0.15, -0.1) is 5.10 Å². The minimum atomic E-state index is -0.380. The molecule has 2 heterocycles. The largest absolute Gasteiger partial charge is 0.333 e. The molecule has 1 aromatic heterocycles. The molecule has 7 heteroatoms. The molecule has 1 amide bonds. The van der Waals surface area contributed by atoms with Crippen molar-refractivity contribution < 1.29 is 9.18 Å². The first kappa shape index (κ1) is 16.6. The predicted octanol–water partition coefficient (Wildman–Crippen LogP) is 1.79. The lowest BCUT2D eigenvalue weighted by Crippen LogP contribution is -2.51. The molecular formula is C17H22FN5O. The summed E-state index contributed by atoms with van der Waals surface area (Å²) in [5, 5.41) is 7.61. The predicted molar refractivity (Wildman–Crippen MR) is 88.7 cm³/mol. The Morgan fingerprint density at radius 3 is 2.92 bits per heavy atom. The highest BCUT2D eigenvalue weighted by Gasteiger charge is 2.26. The highest BCUT2D eigenvalue weighted by atomic mass is 19.1. The third-order valence-corrected chi connectivity index (χ3v) is 4.08. The van der Waals surface area contributed by atoms with Crippen molar-refractivity contribution in [1.29, 1.82) is 0 Å². The summed E-state index contributed by atoms with van der Waals surface area (Å²) in [5.41, 5.74) is 0.321. The van der Waals surface area contributed by atoms with Crippen molar-refractivity contribution in [2.24, 2.45) is 0 Å². The number of nitrogens with one attached hydrogen (secondary N) is 1. The maximum absolute atomic E-state index is 14.1. The van der Waals surface area contributed by atoms with E-state index in [-0.39, 0.29) is 23.6 Å². The Morgan fingerprint density at radius 1 is 1.42 bits per heavy atom. The smallest absolute Gasteiger partial charge is 0.293 e. The van der Waals surface area contributed by atoms with E-state index in [0.717, 1.165) is 13.0 Å². The van der Waals surface area contributed by atoms with E-state index >= 15 is 0 Å². The van der Waals surface area contributed by atoms with Crippen LogP contribution in [0, 0.1) is 5.82 Å². The summed E-state index contributed by atoms with van der Waals surface area (Å²) >= 11 is 0. The van der Waals surface area contributed by atoms with Crippen LogP contribution in [0.1, 0.15) is 36.7 Å². The monoisotopic (exact) mass is 331 g/mol. The molecule has 0 saturated carbocycles. The zero-order valence-corrected chi connectivity index (χ0v) is 14.0. The first-order chi connectivity index (χ1) is 11.6. The SMILES string of the molecule is CCCc1nc(C(=O)N2CCN[C@H](C)C2)nn1-c1ccccc1F. The summed E-state index contributed by atoms with van der Waals surface area (Å²) in [6.07, 6.45) is 1.47. The van der Waals surface area contributed by atoms with E-state index in [1.54, 1.807) is 23.1 Å². The van der Waals surface area contributed by atoms with Crippen molar-refractivity contribution in [2.75, 3.05) is 19.6 Å². The molecule has 0 bridgehead atoms. The molecular weight excluding hydrogens is 309 g/mol. The maximum Gasteiger partial charge on any atom is 0.293 e. The average Bonchev–Trinajstić information content (AvgIpc) is 2.99. The van der Waals surface area contributed by atoms with Crippen LogP contribution in [0.2, 0.25) is 0 Å². The van der Waals surface area contributed by atoms with E-state index in [2.05, 4.69) is 15.4 Å². The zero-order chi connectivity index (χ0) is 17.1. The highest BCUT2D eigenvalue weighted by Crippen LogP contribution is 2.16. The quantitative estimate of drug-likeness (QED) is 0.928. The lowest BCUT2D eigenvalue weighted by atomic mass is 10.2. The molecule has 1 aromatic carbocycles. The molecule has 0 radical (unpaired) electrons. The van der Waals surface area contributed by atoms with Gasteiger partial charge in [0, 0.05) is 32.1 Å². The Hall–Kier alpha value is -2.28. The fourth-order valence-electron chi connectivity index (χ4n) is 2.90. The summed E-state index contributed by atoms with van der Waals surface area (Å²) < 4.78 is 15.6. The first-order valence-corrected chi connectivity index (χ1v) is 8.33. The van der Waals surface area contributed by atoms with Crippen molar-refractivity contribution in [3.63, 3.8) is 0 Å². The normalized spacial score (nSPS) is 18.0. The van der Waals surface area contributed by atoms with E-state index in [4.69, 9.17) is 0 Å². The summed E-state index contributed by atoms with van der Waals surface area (Å²) in [6, 6.07) is 6.64. The van der Waals surface area contributed by atoms with Crippen LogP contribution in [-0.2, 0) is 6.42 Å². The number of para-hydroxylation sites is 1. The van der Waals surface area contributed by atoms with Crippen LogP contribution in [0.25, 0.3) is 5.69 Å². The maximum atomic E-state index is 14.1. The summed E-state index contributed by atoms with van der Waals surface area (Å²) in [5.74, 6) is 0.162. The molecule has 1 aliphatic rings. The van der Waals surface area contributed by atoms with E-state index in [9.17, 15) is 9.18 Å². The number of piperazine rings is 1. The number of hydrogen-bond acceptors (Lipinski definition) is 4. The molecule has 1 atom stereocenters. The van der Waals surface area contributed by atoms with E-state index < -0.39 is 0 Å². The summed E-state index contributed by atoms with van der Waals surface area (Å²) in [6.45, 7) is 6.05. The highest BCUT2D eigenvalue weighted by molar-refractivity contribution is 5.90. The topological polar surface area (TPSA) is 63.1 Å². The van der Waals surface area contributed by atoms with Gasteiger partial charge in [-0.2, -0.15) is 0 Å². The number of carbonyl (C=O) groups is 1. The number of aryl methyl sites for hydroxylation is 1. The molecule has 3 rings (SSSR count). The van der Waals surface area contributed by atoms with E-state index in [0.29, 0.717) is 31.0 Å². The Morgan fingerprint density at radius 2 is 2.21 bits per heavy atom. The molecule has 1 aliphatic heterocycles. The Labute approximate surface area is 140 Å². The van der Waals surface area contributed by atoms with Crippen LogP contribution in [-0.4, -0.2) is 51.2 Å². The number of rotatable bonds is 4. The van der Waals surface area contributed by atoms with Gasteiger partial charge >= 0.3 is 0 Å². The molecule has 1 N–H and O–H groups in total. The third kappa shape index (κ3) is 3.31. The van der Waals surface area contributed by atoms with Gasteiger partial charge in [0.2, 0.25) is 5.82 Å². The van der Waals surface area contributed by atoms with Crippen molar-refractivity contribution in [1.82, 2.24) is 25.0 Å². The zero-order valence-electron chi connectivity index (χ0n) is 14.0. The van der Waals surface area contributed by atoms with Crippen molar-refractivity contribution in [3.8, 4) is 5.69 Å². The molecule has 6 nitrogen and oxygen atoms in total. The molecule has 128 valence electrons. The van der Waals surface area contributed by atoms with E-state index in [1.165, 1.54) is 10.7 Å². The molecule has 1 saturated heterocycles. The van der Waals surface area contributed by atoms with Crippen molar-refractivity contribution in [2.45, 2.75) is 32.7 Å². The van der Waals surface area contributed by atoms with Gasteiger partial charge in [-0.25, -0.2) is 14.1 Å². The van der Waals surface area contributed by atoms with Gasteiger partial charge in [0.1, 0.15) is 17.3 Å². The Kier molecular flexibility index (Phi) is 4.89. The minimum absolute atomic E-state index is 0.135. The second-order valence-corrected chi connectivity index (χ2v) is 6.07. The number of nitrogens with zero attached hydrogens (tertiary/aromatic N) is 4. The number of hydrogen-bond donors (Lipinski definition) is 1. The van der Waals surface area contributed by atoms with Gasteiger partial charge in [0.05, 0.1) is 0 Å². The molecule has 24 heavy (non-hydrogen) atoms. The number of halogens is 1. The van der Waals surface area contributed by atoms with Gasteiger partial charge in [-0.05, 0) is 25.5 Å². The summed E-state index contributed by atoms with van der Waals surface area (Å²) in [4.78, 5) is 18.8. The van der Waals surface area contributed by atoms with Crippen molar-refractivity contribution in [3.05, 3.63) is 41.7 Å². The van der Waals surface area contributed by atoms with Crippen LogP contribution in [0.4, 0.5) is 4.39 Å². The first-order valence-electron chi connectivity index (χ1n) is 8.33. The second kappa shape index (κ2) is 7.09. The van der Waals surface area contributed by atoms with Gasteiger partial charge in [0.25, 0.3) is 5.91 Å². The van der Waals surface area contributed by atoms with Gasteiger partial charge in [-0.1, -0.05) is 19.1 Å². The summed E-state index contributed by atoms with van der Waals surface area (Å²) in [7, 11) is 0. The van der Waals surface area contributed by atoms with Crippen LogP contribution in [0.5, 0.6) is 0 Å². The van der Waals surface area contributed by atoms with Crippen LogP contribution < -0.4 is 5.32 Å². The molecule has 0 aliphatic carbocycles. The van der Waals surface area contributed by atoms with Gasteiger partial charge in [0.15, 0.2) is 0 Å². The second-order valence-electron chi connectivity index (χ2n) is 6.07. The van der Waals surface area contributed by atoms with Crippen LogP contribution >= 0.6 is 0 Å². The number of amides is 1. The fraction of sp³-hybridized carbons (Fsp3) is 0.471. The van der Waals surface area contributed by atoms with Crippen LogP contribution in [0.3, 0.4) is 0 Å². The third-order valence-electron chi connectivity index (χ3n) is 4.08. The molecule has 0 unspecified atom stereocenters. The lowest BCUT2D eigenvalue weighted by molar-refractivity contribution is 0.0696. The van der Waals surface area contributed by atoms with Gasteiger partial charge < -0.3 is 10.2 Å². The van der Waals surface area contributed by atoms with Gasteiger partial charge in [-0.3, -0.25) is 4.79 Å². The molecule has 0 spiro atoms. The number of aromatic nitrogens is 3. The minimum Gasteiger partial charge on any atom is -0.333 e. The molecule has 1 fully saturated rings. The standard InChI is InChI=1S/C17H22FN5O/c1-3-6-15-20-16(17(24)22-10-9-19-12(2)11-22)21-23(15)14-8-5-4-7-13(14)18/h4-5,7-8,12,19H,3,6,9-11H2,1-2H3/t12-/m1/s1. The number of benzene rings is 1. The number of carbonyl (C=O) groups excluding carboxylic acids is 1. The van der Waals surface area contributed by atoms with E-state index in [1.807, 2.05) is 13.8 Å².